The maximum Gasteiger partial charge on any atom is 0.0815 e. The van der Waals surface area contributed by atoms with Crippen LogP contribution in [0.2, 0.25) is 0 Å². The SMILES string of the molecule is CC1CSC(C(c2ccccc2)c2ccccn2)=N1. The van der Waals surface area contributed by atoms with E-state index in [1.807, 2.05) is 36.2 Å². The van der Waals surface area contributed by atoms with E-state index in [1.54, 1.807) is 0 Å². The molecule has 0 N–H and O–H groups in total. The van der Waals surface area contributed by atoms with Crippen LogP contribution in [-0.2, 0) is 0 Å². The number of hydrogen-bond donors (Lipinski definition) is 0. The van der Waals surface area contributed by atoms with Crippen LogP contribution in [0.5, 0.6) is 0 Å². The first kappa shape index (κ1) is 12.4. The van der Waals surface area contributed by atoms with Crippen molar-refractivity contribution in [1.29, 1.82) is 0 Å². The summed E-state index contributed by atoms with van der Waals surface area (Å²) in [6, 6.07) is 17.0. The van der Waals surface area contributed by atoms with Crippen molar-refractivity contribution in [1.82, 2.24) is 4.98 Å². The molecule has 0 spiro atoms. The molecule has 0 aliphatic carbocycles. The van der Waals surface area contributed by atoms with Crippen molar-refractivity contribution in [3.8, 4) is 0 Å². The second-order valence-electron chi connectivity index (χ2n) is 4.73. The van der Waals surface area contributed by atoms with Gasteiger partial charge < -0.3 is 0 Å². The van der Waals surface area contributed by atoms with E-state index in [-0.39, 0.29) is 5.92 Å². The predicted molar refractivity (Wildman–Crippen MR) is 81.9 cm³/mol. The molecule has 1 aliphatic rings. The Kier molecular flexibility index (Phi) is 3.65. The van der Waals surface area contributed by atoms with E-state index in [0.29, 0.717) is 6.04 Å². The lowest BCUT2D eigenvalue weighted by Gasteiger charge is -2.16. The van der Waals surface area contributed by atoms with Gasteiger partial charge in [-0.2, -0.15) is 0 Å². The van der Waals surface area contributed by atoms with Crippen molar-refractivity contribution in [2.24, 2.45) is 4.99 Å². The van der Waals surface area contributed by atoms with Crippen molar-refractivity contribution >= 4 is 16.8 Å². The minimum Gasteiger partial charge on any atom is -0.278 e. The second-order valence-corrected chi connectivity index (χ2v) is 5.77. The van der Waals surface area contributed by atoms with Crippen molar-refractivity contribution in [2.75, 3.05) is 5.75 Å². The first-order valence-corrected chi connectivity index (χ1v) is 7.49. The molecule has 2 aromatic rings. The van der Waals surface area contributed by atoms with E-state index in [4.69, 9.17) is 4.99 Å². The molecule has 19 heavy (non-hydrogen) atoms. The van der Waals surface area contributed by atoms with Crippen LogP contribution in [0, 0.1) is 0 Å². The molecule has 2 unspecified atom stereocenters. The molecule has 0 radical (unpaired) electrons. The van der Waals surface area contributed by atoms with Crippen LogP contribution in [-0.4, -0.2) is 21.8 Å². The molecule has 0 bridgehead atoms. The maximum absolute atomic E-state index is 4.78. The molecular weight excluding hydrogens is 252 g/mol. The average molecular weight is 268 g/mol. The fourth-order valence-corrected chi connectivity index (χ4v) is 3.45. The Morgan fingerprint density at radius 2 is 1.89 bits per heavy atom. The van der Waals surface area contributed by atoms with Crippen LogP contribution in [0.4, 0.5) is 0 Å². The molecule has 0 fully saturated rings. The lowest BCUT2D eigenvalue weighted by Crippen LogP contribution is -2.11. The topological polar surface area (TPSA) is 25.2 Å². The van der Waals surface area contributed by atoms with Crippen LogP contribution in [0.3, 0.4) is 0 Å². The molecule has 0 saturated heterocycles. The van der Waals surface area contributed by atoms with Gasteiger partial charge in [0.05, 0.1) is 22.7 Å². The smallest absolute Gasteiger partial charge is 0.0815 e. The fraction of sp³-hybridized carbons (Fsp3) is 0.250. The number of rotatable bonds is 3. The van der Waals surface area contributed by atoms with E-state index in [9.17, 15) is 0 Å². The maximum atomic E-state index is 4.78. The van der Waals surface area contributed by atoms with E-state index in [0.717, 1.165) is 11.4 Å². The van der Waals surface area contributed by atoms with E-state index in [2.05, 4.69) is 42.2 Å². The summed E-state index contributed by atoms with van der Waals surface area (Å²) < 4.78 is 0. The Balaban J connectivity index is 2.04. The molecule has 0 amide bonds. The van der Waals surface area contributed by atoms with Gasteiger partial charge in [0, 0.05) is 11.9 Å². The molecule has 0 saturated carbocycles. The lowest BCUT2D eigenvalue weighted by atomic mass is 9.96. The van der Waals surface area contributed by atoms with Crippen molar-refractivity contribution < 1.29 is 0 Å². The molecule has 1 aromatic carbocycles. The molecular formula is C16H16N2S. The molecule has 96 valence electrons. The van der Waals surface area contributed by atoms with Crippen LogP contribution in [0.1, 0.15) is 24.1 Å². The first-order valence-electron chi connectivity index (χ1n) is 6.51. The summed E-state index contributed by atoms with van der Waals surface area (Å²) in [5.74, 6) is 1.25. The zero-order chi connectivity index (χ0) is 13.1. The predicted octanol–water partition coefficient (Wildman–Crippen LogP) is 3.75. The van der Waals surface area contributed by atoms with Gasteiger partial charge in [-0.05, 0) is 24.6 Å². The molecule has 3 heteroatoms. The molecule has 1 aromatic heterocycles. The van der Waals surface area contributed by atoms with Crippen molar-refractivity contribution in [3.05, 3.63) is 66.0 Å². The zero-order valence-electron chi connectivity index (χ0n) is 10.9. The quantitative estimate of drug-likeness (QED) is 0.847. The Morgan fingerprint density at radius 1 is 1.11 bits per heavy atom. The Morgan fingerprint density at radius 3 is 2.53 bits per heavy atom. The van der Waals surface area contributed by atoms with Crippen molar-refractivity contribution in [2.45, 2.75) is 18.9 Å². The highest BCUT2D eigenvalue weighted by Gasteiger charge is 2.26. The number of benzene rings is 1. The van der Waals surface area contributed by atoms with Crippen LogP contribution < -0.4 is 0 Å². The Bertz CT molecular complexity index is 526. The number of pyridine rings is 1. The van der Waals surface area contributed by atoms with Gasteiger partial charge in [-0.3, -0.25) is 9.98 Å². The highest BCUT2D eigenvalue weighted by atomic mass is 32.2. The number of hydrogen-bond acceptors (Lipinski definition) is 3. The highest BCUT2D eigenvalue weighted by molar-refractivity contribution is 8.14. The summed E-state index contributed by atoms with van der Waals surface area (Å²) in [7, 11) is 0. The molecule has 2 atom stereocenters. The summed E-state index contributed by atoms with van der Waals surface area (Å²) in [5.41, 5.74) is 2.34. The average Bonchev–Trinajstić information content (AvgIpc) is 2.88. The second kappa shape index (κ2) is 5.57. The van der Waals surface area contributed by atoms with Crippen LogP contribution in [0.15, 0.2) is 59.7 Å². The molecule has 3 rings (SSSR count). The zero-order valence-corrected chi connectivity index (χ0v) is 11.7. The van der Waals surface area contributed by atoms with Gasteiger partial charge in [-0.1, -0.05) is 36.4 Å². The number of nitrogens with zero attached hydrogens (tertiary/aromatic N) is 2. The van der Waals surface area contributed by atoms with E-state index in [1.165, 1.54) is 10.6 Å². The normalized spacial score (nSPS) is 20.1. The monoisotopic (exact) mass is 268 g/mol. The Labute approximate surface area is 118 Å². The first-order chi connectivity index (χ1) is 9.34. The van der Waals surface area contributed by atoms with E-state index >= 15 is 0 Å². The summed E-state index contributed by atoms with van der Waals surface area (Å²) >= 11 is 1.86. The largest absolute Gasteiger partial charge is 0.278 e. The minimum absolute atomic E-state index is 0.178. The number of thioether (sulfide) groups is 1. The van der Waals surface area contributed by atoms with Gasteiger partial charge in [0.1, 0.15) is 0 Å². The minimum atomic E-state index is 0.178. The molecule has 2 nitrogen and oxygen atoms in total. The number of aromatic nitrogens is 1. The summed E-state index contributed by atoms with van der Waals surface area (Å²) in [4.78, 5) is 9.31. The van der Waals surface area contributed by atoms with Gasteiger partial charge in [-0.15, -0.1) is 11.8 Å². The third-order valence-electron chi connectivity index (χ3n) is 3.18. The van der Waals surface area contributed by atoms with E-state index < -0.39 is 0 Å². The highest BCUT2D eigenvalue weighted by Crippen LogP contribution is 2.33. The lowest BCUT2D eigenvalue weighted by molar-refractivity contribution is 0.856. The van der Waals surface area contributed by atoms with Gasteiger partial charge in [0.2, 0.25) is 0 Å². The third-order valence-corrected chi connectivity index (χ3v) is 4.47. The number of aliphatic imine (C=N–C) groups is 1. The fourth-order valence-electron chi connectivity index (χ4n) is 2.29. The third kappa shape index (κ3) is 2.71. The van der Waals surface area contributed by atoms with Crippen molar-refractivity contribution in [3.63, 3.8) is 0 Å². The van der Waals surface area contributed by atoms with Crippen LogP contribution in [0.25, 0.3) is 0 Å². The van der Waals surface area contributed by atoms with Gasteiger partial charge in [0.15, 0.2) is 0 Å². The standard InChI is InChI=1S/C16H16N2S/c1-12-11-19-16(18-12)15(13-7-3-2-4-8-13)14-9-5-6-10-17-14/h2-10,12,15H,11H2,1H3. The van der Waals surface area contributed by atoms with Gasteiger partial charge >= 0.3 is 0 Å². The summed E-state index contributed by atoms with van der Waals surface area (Å²) in [6.45, 7) is 2.17. The summed E-state index contributed by atoms with van der Waals surface area (Å²) in [6.07, 6.45) is 1.86. The Hall–Kier alpha value is -1.61. The van der Waals surface area contributed by atoms with Gasteiger partial charge in [0.25, 0.3) is 0 Å². The van der Waals surface area contributed by atoms with Gasteiger partial charge in [-0.25, -0.2) is 0 Å². The molecule has 1 aliphatic heterocycles. The van der Waals surface area contributed by atoms with Crippen LogP contribution >= 0.6 is 11.8 Å². The summed E-state index contributed by atoms with van der Waals surface area (Å²) in [5, 5.41) is 1.19. The molecule has 2 heterocycles.